The van der Waals surface area contributed by atoms with Gasteiger partial charge in [0.05, 0.1) is 0 Å². The zero-order chi connectivity index (χ0) is 9.80. The fraction of sp³-hybridized carbons (Fsp3) is 0.636. The average molecular weight is 193 g/mol. The molecule has 1 aliphatic heterocycles. The molecule has 0 aromatic carbocycles. The summed E-state index contributed by atoms with van der Waals surface area (Å²) in [6, 6.07) is 4.37. The van der Waals surface area contributed by atoms with E-state index in [9.17, 15) is 0 Å². The summed E-state index contributed by atoms with van der Waals surface area (Å²) in [5.41, 5.74) is 1.44. The molecule has 0 amide bonds. The van der Waals surface area contributed by atoms with Gasteiger partial charge in [-0.1, -0.05) is 0 Å². The highest BCUT2D eigenvalue weighted by molar-refractivity contribution is 5.07. The highest BCUT2D eigenvalue weighted by Gasteiger charge is 2.10. The maximum atomic E-state index is 3.37. The molecule has 1 aromatic heterocycles. The Kier molecular flexibility index (Phi) is 3.22. The number of hydrogen-bond donors (Lipinski definition) is 1. The minimum Gasteiger partial charge on any atom is -0.351 e. The summed E-state index contributed by atoms with van der Waals surface area (Å²) in [5.74, 6) is 0. The largest absolute Gasteiger partial charge is 0.351 e. The van der Waals surface area contributed by atoms with Gasteiger partial charge in [0.2, 0.25) is 0 Å². The van der Waals surface area contributed by atoms with Crippen molar-refractivity contribution in [2.24, 2.45) is 0 Å². The second-order valence-corrected chi connectivity index (χ2v) is 3.81. The third-order valence-corrected chi connectivity index (χ3v) is 2.86. The Balaban J connectivity index is 1.95. The van der Waals surface area contributed by atoms with Crippen molar-refractivity contribution in [1.29, 1.82) is 0 Å². The average Bonchev–Trinajstić information content (AvgIpc) is 2.67. The van der Waals surface area contributed by atoms with E-state index in [0.717, 1.165) is 26.2 Å². The van der Waals surface area contributed by atoms with Gasteiger partial charge in [-0.3, -0.25) is 4.90 Å². The molecule has 0 bridgehead atoms. The number of nitrogens with one attached hydrogen (secondary N) is 1. The molecule has 3 heteroatoms. The molecule has 3 nitrogen and oxygen atoms in total. The van der Waals surface area contributed by atoms with E-state index in [0.29, 0.717) is 0 Å². The molecule has 1 aromatic rings. The number of aromatic nitrogens is 1. The van der Waals surface area contributed by atoms with E-state index in [4.69, 9.17) is 0 Å². The van der Waals surface area contributed by atoms with Crippen LogP contribution in [-0.2, 0) is 13.1 Å². The lowest BCUT2D eigenvalue weighted by Gasteiger charge is -2.27. The van der Waals surface area contributed by atoms with Gasteiger partial charge in [0, 0.05) is 51.2 Å². The van der Waals surface area contributed by atoms with Crippen LogP contribution >= 0.6 is 0 Å². The topological polar surface area (TPSA) is 20.2 Å². The van der Waals surface area contributed by atoms with Crippen LogP contribution in [0.25, 0.3) is 0 Å². The zero-order valence-electron chi connectivity index (χ0n) is 8.87. The predicted molar refractivity (Wildman–Crippen MR) is 58.3 cm³/mol. The van der Waals surface area contributed by atoms with Gasteiger partial charge >= 0.3 is 0 Å². The second kappa shape index (κ2) is 4.62. The maximum absolute atomic E-state index is 3.37. The summed E-state index contributed by atoms with van der Waals surface area (Å²) in [6.45, 7) is 8.99. The molecule has 1 fully saturated rings. The van der Waals surface area contributed by atoms with Crippen LogP contribution in [0.5, 0.6) is 0 Å². The normalized spacial score (nSPS) is 18.6. The number of piperazine rings is 1. The summed E-state index contributed by atoms with van der Waals surface area (Å²) < 4.78 is 2.32. The van der Waals surface area contributed by atoms with Crippen molar-refractivity contribution >= 4 is 0 Å². The van der Waals surface area contributed by atoms with Crippen molar-refractivity contribution in [3.63, 3.8) is 0 Å². The number of hydrogen-bond acceptors (Lipinski definition) is 2. The van der Waals surface area contributed by atoms with Gasteiger partial charge in [-0.2, -0.15) is 0 Å². The zero-order valence-corrected chi connectivity index (χ0v) is 8.87. The first-order valence-corrected chi connectivity index (χ1v) is 5.47. The molecule has 0 saturated carbocycles. The van der Waals surface area contributed by atoms with Crippen molar-refractivity contribution in [3.8, 4) is 0 Å². The fourth-order valence-corrected chi connectivity index (χ4v) is 2.00. The molecule has 1 N–H and O–H groups in total. The Hall–Kier alpha value is -0.800. The Morgan fingerprint density at radius 3 is 2.86 bits per heavy atom. The first kappa shape index (κ1) is 9.74. The standard InChI is InChI=1S/C11H19N3/c1-2-14-7-3-4-11(14)10-13-8-5-12-6-9-13/h3-4,7,12H,2,5-6,8-10H2,1H3. The van der Waals surface area contributed by atoms with Crippen molar-refractivity contribution in [1.82, 2.24) is 14.8 Å². The third-order valence-electron chi connectivity index (χ3n) is 2.86. The lowest BCUT2D eigenvalue weighted by Crippen LogP contribution is -2.43. The number of nitrogens with zero attached hydrogens (tertiary/aromatic N) is 2. The highest BCUT2D eigenvalue weighted by Crippen LogP contribution is 2.07. The molecule has 0 spiro atoms. The molecule has 0 radical (unpaired) electrons. The van der Waals surface area contributed by atoms with E-state index >= 15 is 0 Å². The Bertz CT molecular complexity index is 274. The van der Waals surface area contributed by atoms with Gasteiger partial charge in [0.15, 0.2) is 0 Å². The van der Waals surface area contributed by atoms with E-state index in [-0.39, 0.29) is 0 Å². The molecule has 2 heterocycles. The molecule has 0 atom stereocenters. The van der Waals surface area contributed by atoms with Crippen molar-refractivity contribution < 1.29 is 0 Å². The van der Waals surface area contributed by atoms with Crippen LogP contribution < -0.4 is 5.32 Å². The molecule has 1 saturated heterocycles. The number of aryl methyl sites for hydroxylation is 1. The Morgan fingerprint density at radius 2 is 2.14 bits per heavy atom. The van der Waals surface area contributed by atoms with Gasteiger partial charge < -0.3 is 9.88 Å². The maximum Gasteiger partial charge on any atom is 0.0388 e. The van der Waals surface area contributed by atoms with E-state index in [2.05, 4.69) is 40.0 Å². The lowest BCUT2D eigenvalue weighted by molar-refractivity contribution is 0.228. The first-order chi connectivity index (χ1) is 6.90. The summed E-state index contributed by atoms with van der Waals surface area (Å²) in [7, 11) is 0. The fourth-order valence-electron chi connectivity index (χ4n) is 2.00. The van der Waals surface area contributed by atoms with E-state index in [1.54, 1.807) is 0 Å². The van der Waals surface area contributed by atoms with Crippen molar-refractivity contribution in [2.75, 3.05) is 26.2 Å². The van der Waals surface area contributed by atoms with Crippen molar-refractivity contribution in [3.05, 3.63) is 24.0 Å². The van der Waals surface area contributed by atoms with Gasteiger partial charge in [0.1, 0.15) is 0 Å². The molecular formula is C11H19N3. The Labute approximate surface area is 85.7 Å². The van der Waals surface area contributed by atoms with Crippen LogP contribution in [0.4, 0.5) is 0 Å². The molecule has 0 aliphatic carbocycles. The van der Waals surface area contributed by atoms with Gasteiger partial charge in [-0.05, 0) is 19.1 Å². The molecule has 14 heavy (non-hydrogen) atoms. The van der Waals surface area contributed by atoms with Crippen LogP contribution in [0.2, 0.25) is 0 Å². The monoisotopic (exact) mass is 193 g/mol. The summed E-state index contributed by atoms with van der Waals surface area (Å²) in [4.78, 5) is 2.51. The summed E-state index contributed by atoms with van der Waals surface area (Å²) >= 11 is 0. The smallest absolute Gasteiger partial charge is 0.0388 e. The van der Waals surface area contributed by atoms with Crippen LogP contribution in [0, 0.1) is 0 Å². The van der Waals surface area contributed by atoms with Crippen LogP contribution in [-0.4, -0.2) is 35.6 Å². The second-order valence-electron chi connectivity index (χ2n) is 3.81. The predicted octanol–water partition coefficient (Wildman–Crippen LogP) is 0.913. The van der Waals surface area contributed by atoms with Gasteiger partial charge in [-0.15, -0.1) is 0 Å². The van der Waals surface area contributed by atoms with Gasteiger partial charge in [0.25, 0.3) is 0 Å². The van der Waals surface area contributed by atoms with Crippen molar-refractivity contribution in [2.45, 2.75) is 20.0 Å². The van der Waals surface area contributed by atoms with Crippen LogP contribution in [0.1, 0.15) is 12.6 Å². The quantitative estimate of drug-likeness (QED) is 0.770. The molecular weight excluding hydrogens is 174 g/mol. The molecule has 2 rings (SSSR count). The molecule has 78 valence electrons. The van der Waals surface area contributed by atoms with E-state index in [1.807, 2.05) is 0 Å². The minimum atomic E-state index is 1.08. The lowest BCUT2D eigenvalue weighted by atomic mass is 10.3. The minimum absolute atomic E-state index is 1.08. The summed E-state index contributed by atoms with van der Waals surface area (Å²) in [6.07, 6.45) is 2.16. The number of rotatable bonds is 3. The SMILES string of the molecule is CCn1cccc1CN1CCNCC1. The Morgan fingerprint density at radius 1 is 1.36 bits per heavy atom. The first-order valence-electron chi connectivity index (χ1n) is 5.47. The van der Waals surface area contributed by atoms with E-state index < -0.39 is 0 Å². The highest BCUT2D eigenvalue weighted by atomic mass is 15.2. The van der Waals surface area contributed by atoms with Crippen LogP contribution in [0.15, 0.2) is 18.3 Å². The third kappa shape index (κ3) is 2.16. The summed E-state index contributed by atoms with van der Waals surface area (Å²) in [5, 5.41) is 3.37. The molecule has 0 unspecified atom stereocenters. The van der Waals surface area contributed by atoms with Gasteiger partial charge in [-0.25, -0.2) is 0 Å². The van der Waals surface area contributed by atoms with Crippen LogP contribution in [0.3, 0.4) is 0 Å². The molecule has 1 aliphatic rings. The van der Waals surface area contributed by atoms with E-state index in [1.165, 1.54) is 18.8 Å².